The second-order valence-electron chi connectivity index (χ2n) is 7.73. The van der Waals surface area contributed by atoms with Gasteiger partial charge >= 0.3 is 0 Å². The molecule has 0 unspecified atom stereocenters. The van der Waals surface area contributed by atoms with E-state index in [0.29, 0.717) is 17.9 Å². The summed E-state index contributed by atoms with van der Waals surface area (Å²) < 4.78 is 14.4. The monoisotopic (exact) mass is 333 g/mol. The van der Waals surface area contributed by atoms with Gasteiger partial charge in [-0.2, -0.15) is 0 Å². The third-order valence-corrected chi connectivity index (χ3v) is 5.38. The second-order valence-corrected chi connectivity index (χ2v) is 7.73. The molecule has 1 aliphatic rings. The van der Waals surface area contributed by atoms with Crippen LogP contribution in [0.1, 0.15) is 77.0 Å². The van der Waals surface area contributed by atoms with Crippen molar-refractivity contribution in [1.29, 1.82) is 0 Å². The number of hydrogen-bond donors (Lipinski definition) is 1. The molecule has 0 fully saturated rings. The van der Waals surface area contributed by atoms with Crippen molar-refractivity contribution in [2.24, 2.45) is 0 Å². The van der Waals surface area contributed by atoms with E-state index in [0.717, 1.165) is 25.1 Å². The zero-order valence-electron chi connectivity index (χ0n) is 16.0. The smallest absolute Gasteiger partial charge is 0.129 e. The molecule has 1 aromatic rings. The Morgan fingerprint density at radius 1 is 1.29 bits per heavy atom. The van der Waals surface area contributed by atoms with E-state index in [2.05, 4.69) is 51.7 Å². The lowest BCUT2D eigenvalue weighted by molar-refractivity contribution is 0.299. The Balaban J connectivity index is 2.85. The van der Waals surface area contributed by atoms with Crippen LogP contribution in [0.2, 0.25) is 0 Å². The Morgan fingerprint density at radius 3 is 2.46 bits per heavy atom. The summed E-state index contributed by atoms with van der Waals surface area (Å²) in [5, 5.41) is 9.36. The quantitative estimate of drug-likeness (QED) is 0.780. The molecule has 2 rings (SSSR count). The Kier molecular flexibility index (Phi) is 5.74. The molecule has 1 heterocycles. The molecule has 0 aliphatic carbocycles. The first-order valence-corrected chi connectivity index (χ1v) is 9.18. The average molecular weight is 333 g/mol. The molecule has 1 aromatic carbocycles. The molecule has 2 nitrogen and oxygen atoms in total. The van der Waals surface area contributed by atoms with Crippen LogP contribution in [-0.4, -0.2) is 24.8 Å². The van der Waals surface area contributed by atoms with Crippen LogP contribution in [0.15, 0.2) is 18.0 Å². The van der Waals surface area contributed by atoms with E-state index in [4.69, 9.17) is 0 Å². The van der Waals surface area contributed by atoms with Crippen molar-refractivity contribution in [2.75, 3.05) is 24.6 Å². The minimum atomic E-state index is -0.528. The molecular formula is C21H32FNO. The van der Waals surface area contributed by atoms with Crippen LogP contribution in [0, 0.1) is 0 Å². The first kappa shape index (κ1) is 19.0. The fourth-order valence-corrected chi connectivity index (χ4v) is 3.68. The van der Waals surface area contributed by atoms with Gasteiger partial charge in [-0.3, -0.25) is 0 Å². The maximum absolute atomic E-state index is 14.4. The topological polar surface area (TPSA) is 23.5 Å². The maximum Gasteiger partial charge on any atom is 0.129 e. The van der Waals surface area contributed by atoms with Crippen LogP contribution in [0.25, 0.3) is 5.57 Å². The summed E-state index contributed by atoms with van der Waals surface area (Å²) in [6.45, 7) is 14.4. The van der Waals surface area contributed by atoms with Gasteiger partial charge in [-0.25, -0.2) is 4.39 Å². The highest BCUT2D eigenvalue weighted by molar-refractivity contribution is 5.82. The van der Waals surface area contributed by atoms with E-state index >= 15 is 0 Å². The molecule has 0 amide bonds. The van der Waals surface area contributed by atoms with Gasteiger partial charge < -0.3 is 10.0 Å². The number of aliphatic hydroxyl groups excluding tert-OH is 1. The fourth-order valence-electron chi connectivity index (χ4n) is 3.68. The van der Waals surface area contributed by atoms with Crippen molar-refractivity contribution in [3.63, 3.8) is 0 Å². The highest BCUT2D eigenvalue weighted by Gasteiger charge is 2.34. The van der Waals surface area contributed by atoms with Crippen molar-refractivity contribution in [3.05, 3.63) is 34.6 Å². The maximum atomic E-state index is 14.4. The SMILES string of the molecule is CC/C(=C(\F)CO)c1cc(C(C)C)cc2c1N(CC)CCC2(C)C. The Morgan fingerprint density at radius 2 is 1.96 bits per heavy atom. The Labute approximate surface area is 146 Å². The largest absolute Gasteiger partial charge is 0.389 e. The number of fused-ring (bicyclic) bond motifs is 1. The van der Waals surface area contributed by atoms with E-state index in [1.54, 1.807) is 0 Å². The predicted octanol–water partition coefficient (Wildman–Crippen LogP) is 5.40. The third kappa shape index (κ3) is 3.37. The molecule has 0 saturated carbocycles. The van der Waals surface area contributed by atoms with Crippen molar-refractivity contribution in [3.8, 4) is 0 Å². The summed E-state index contributed by atoms with van der Waals surface area (Å²) in [6.07, 6.45) is 1.68. The summed E-state index contributed by atoms with van der Waals surface area (Å²) in [7, 11) is 0. The van der Waals surface area contributed by atoms with Crippen LogP contribution in [0.4, 0.5) is 10.1 Å². The first-order valence-electron chi connectivity index (χ1n) is 9.18. The summed E-state index contributed by atoms with van der Waals surface area (Å²) >= 11 is 0. The fraction of sp³-hybridized carbons (Fsp3) is 0.619. The summed E-state index contributed by atoms with van der Waals surface area (Å²) in [6, 6.07) is 4.46. The normalized spacial score (nSPS) is 17.8. The van der Waals surface area contributed by atoms with Crippen molar-refractivity contribution >= 4 is 11.3 Å². The number of halogens is 1. The number of rotatable bonds is 5. The summed E-state index contributed by atoms with van der Waals surface area (Å²) in [4.78, 5) is 2.36. The molecule has 1 aliphatic heterocycles. The van der Waals surface area contributed by atoms with Crippen molar-refractivity contribution < 1.29 is 9.50 Å². The standard InChI is InChI=1S/C21H32FNO/c1-7-16(19(22)13-24)17-11-15(14(3)4)12-18-20(17)23(8-2)10-9-21(18,5)6/h11-12,14,24H,7-10,13H2,1-6H3/b19-16+. The number of aliphatic hydroxyl groups is 1. The van der Waals surface area contributed by atoms with Gasteiger partial charge in [0.25, 0.3) is 0 Å². The molecule has 0 saturated heterocycles. The molecule has 0 radical (unpaired) electrons. The average Bonchev–Trinajstić information content (AvgIpc) is 2.55. The van der Waals surface area contributed by atoms with Crippen LogP contribution < -0.4 is 4.90 Å². The number of nitrogens with zero attached hydrogens (tertiary/aromatic N) is 1. The molecule has 134 valence electrons. The third-order valence-electron chi connectivity index (χ3n) is 5.38. The highest BCUT2D eigenvalue weighted by Crippen LogP contribution is 2.46. The lowest BCUT2D eigenvalue weighted by Gasteiger charge is -2.42. The molecule has 0 aromatic heterocycles. The molecule has 3 heteroatoms. The van der Waals surface area contributed by atoms with E-state index < -0.39 is 12.4 Å². The Bertz CT molecular complexity index is 631. The molecule has 0 spiro atoms. The van der Waals surface area contributed by atoms with Gasteiger partial charge in [-0.05, 0) is 53.9 Å². The summed E-state index contributed by atoms with van der Waals surface area (Å²) in [5.41, 5.74) is 5.42. The number of hydrogen-bond acceptors (Lipinski definition) is 2. The minimum absolute atomic E-state index is 0.0786. The predicted molar refractivity (Wildman–Crippen MR) is 101 cm³/mol. The van der Waals surface area contributed by atoms with E-state index in [1.165, 1.54) is 16.8 Å². The molecular weight excluding hydrogens is 301 g/mol. The van der Waals surface area contributed by atoms with Crippen molar-refractivity contribution in [1.82, 2.24) is 0 Å². The molecule has 1 N–H and O–H groups in total. The molecule has 0 atom stereocenters. The van der Waals surface area contributed by atoms with Gasteiger partial charge in [0.1, 0.15) is 5.83 Å². The van der Waals surface area contributed by atoms with Gasteiger partial charge in [0.2, 0.25) is 0 Å². The zero-order chi connectivity index (χ0) is 18.1. The van der Waals surface area contributed by atoms with Gasteiger partial charge in [0.15, 0.2) is 0 Å². The van der Waals surface area contributed by atoms with Gasteiger partial charge in [0, 0.05) is 24.3 Å². The molecule has 0 bridgehead atoms. The highest BCUT2D eigenvalue weighted by atomic mass is 19.1. The summed E-state index contributed by atoms with van der Waals surface area (Å²) in [5.74, 6) is -0.0165. The lowest BCUT2D eigenvalue weighted by atomic mass is 9.74. The number of allylic oxidation sites excluding steroid dienone is 1. The number of benzene rings is 1. The van der Waals surface area contributed by atoms with Crippen LogP contribution in [0.5, 0.6) is 0 Å². The van der Waals surface area contributed by atoms with Gasteiger partial charge in [-0.1, -0.05) is 40.7 Å². The van der Waals surface area contributed by atoms with Crippen LogP contribution >= 0.6 is 0 Å². The number of anilines is 1. The first-order chi connectivity index (χ1) is 11.3. The zero-order valence-corrected chi connectivity index (χ0v) is 16.0. The van der Waals surface area contributed by atoms with Gasteiger partial charge in [0.05, 0.1) is 6.61 Å². The van der Waals surface area contributed by atoms with Crippen LogP contribution in [0.3, 0.4) is 0 Å². The minimum Gasteiger partial charge on any atom is -0.389 e. The van der Waals surface area contributed by atoms with E-state index in [-0.39, 0.29) is 5.41 Å². The lowest BCUT2D eigenvalue weighted by Crippen LogP contribution is -2.38. The van der Waals surface area contributed by atoms with Crippen LogP contribution in [-0.2, 0) is 5.41 Å². The van der Waals surface area contributed by atoms with E-state index in [9.17, 15) is 9.50 Å². The Hall–Kier alpha value is -1.35. The van der Waals surface area contributed by atoms with Crippen molar-refractivity contribution in [2.45, 2.75) is 65.7 Å². The van der Waals surface area contributed by atoms with E-state index in [1.807, 2.05) is 6.92 Å². The molecule has 24 heavy (non-hydrogen) atoms. The van der Waals surface area contributed by atoms with Gasteiger partial charge in [-0.15, -0.1) is 0 Å². The second kappa shape index (κ2) is 7.26.